The lowest BCUT2D eigenvalue weighted by Gasteiger charge is -2.26. The summed E-state index contributed by atoms with van der Waals surface area (Å²) in [6.07, 6.45) is 6.25. The van der Waals surface area contributed by atoms with E-state index in [0.29, 0.717) is 5.69 Å². The lowest BCUT2D eigenvalue weighted by molar-refractivity contribution is 0.118. The van der Waals surface area contributed by atoms with Crippen LogP contribution in [0.25, 0.3) is 0 Å². The molecule has 1 aliphatic rings. The van der Waals surface area contributed by atoms with Crippen molar-refractivity contribution >= 4 is 11.7 Å². The van der Waals surface area contributed by atoms with Crippen LogP contribution in [0.1, 0.15) is 25.7 Å². The number of nitrogens with zero attached hydrogens (tertiary/aromatic N) is 1. The van der Waals surface area contributed by atoms with Crippen LogP contribution in [0.2, 0.25) is 0 Å². The van der Waals surface area contributed by atoms with Gasteiger partial charge in [0.15, 0.2) is 0 Å². The van der Waals surface area contributed by atoms with Gasteiger partial charge in [-0.2, -0.15) is 0 Å². The van der Waals surface area contributed by atoms with Gasteiger partial charge in [-0.15, -0.1) is 0 Å². The Bertz CT molecular complexity index is 361. The predicted molar refractivity (Wildman–Crippen MR) is 64.7 cm³/mol. The predicted octanol–water partition coefficient (Wildman–Crippen LogP) is 1.51. The van der Waals surface area contributed by atoms with E-state index in [1.165, 1.54) is 0 Å². The van der Waals surface area contributed by atoms with Crippen LogP contribution in [0.4, 0.5) is 10.5 Å². The standard InChI is InChI=1S/C12H17N3O2/c16-11-5-3-9(4-6-11)14-12(17)15-10-2-1-7-13-8-10/h1-2,7-9,11,16H,3-6H2,(H2,14,15,17). The molecule has 0 saturated heterocycles. The van der Waals surface area contributed by atoms with Gasteiger partial charge >= 0.3 is 6.03 Å². The first-order chi connectivity index (χ1) is 8.24. The number of amides is 2. The maximum Gasteiger partial charge on any atom is 0.319 e. The molecule has 3 N–H and O–H groups in total. The molecule has 1 aliphatic carbocycles. The lowest BCUT2D eigenvalue weighted by atomic mass is 9.93. The van der Waals surface area contributed by atoms with Crippen molar-refractivity contribution < 1.29 is 9.90 Å². The summed E-state index contributed by atoms with van der Waals surface area (Å²) in [6.45, 7) is 0. The second kappa shape index (κ2) is 5.63. The summed E-state index contributed by atoms with van der Waals surface area (Å²) < 4.78 is 0. The number of hydrogen-bond donors (Lipinski definition) is 3. The summed E-state index contributed by atoms with van der Waals surface area (Å²) in [7, 11) is 0. The molecule has 0 spiro atoms. The number of rotatable bonds is 2. The zero-order valence-electron chi connectivity index (χ0n) is 9.60. The summed E-state index contributed by atoms with van der Waals surface area (Å²) in [4.78, 5) is 15.6. The van der Waals surface area contributed by atoms with Crippen LogP contribution >= 0.6 is 0 Å². The fourth-order valence-electron chi connectivity index (χ4n) is 2.01. The SMILES string of the molecule is O=C(Nc1cccnc1)NC1CCC(O)CC1. The van der Waals surface area contributed by atoms with E-state index >= 15 is 0 Å². The average Bonchev–Trinajstić information content (AvgIpc) is 2.33. The van der Waals surface area contributed by atoms with Gasteiger partial charge in [-0.1, -0.05) is 0 Å². The largest absolute Gasteiger partial charge is 0.393 e. The Kier molecular flexibility index (Phi) is 3.93. The molecule has 0 unspecified atom stereocenters. The molecule has 92 valence electrons. The Balaban J connectivity index is 1.78. The number of nitrogens with one attached hydrogen (secondary N) is 2. The van der Waals surface area contributed by atoms with Crippen LogP contribution in [-0.4, -0.2) is 28.3 Å². The fraction of sp³-hybridized carbons (Fsp3) is 0.500. The van der Waals surface area contributed by atoms with Crippen molar-refractivity contribution in [1.82, 2.24) is 10.3 Å². The Hall–Kier alpha value is -1.62. The third-order valence-electron chi connectivity index (χ3n) is 2.95. The Morgan fingerprint density at radius 1 is 1.35 bits per heavy atom. The van der Waals surface area contributed by atoms with Gasteiger partial charge in [0.05, 0.1) is 18.0 Å². The van der Waals surface area contributed by atoms with Crippen molar-refractivity contribution in [3.63, 3.8) is 0 Å². The molecule has 0 atom stereocenters. The highest BCUT2D eigenvalue weighted by Gasteiger charge is 2.20. The number of carbonyl (C=O) groups excluding carboxylic acids is 1. The number of urea groups is 1. The van der Waals surface area contributed by atoms with E-state index in [1.807, 2.05) is 0 Å². The number of anilines is 1. The first-order valence-electron chi connectivity index (χ1n) is 5.89. The molecular weight excluding hydrogens is 218 g/mol. The van der Waals surface area contributed by atoms with E-state index in [1.54, 1.807) is 24.5 Å². The summed E-state index contributed by atoms with van der Waals surface area (Å²) >= 11 is 0. The van der Waals surface area contributed by atoms with Gasteiger partial charge in [0, 0.05) is 12.2 Å². The molecule has 0 aliphatic heterocycles. The number of carbonyl (C=O) groups is 1. The van der Waals surface area contributed by atoms with E-state index in [0.717, 1.165) is 25.7 Å². The van der Waals surface area contributed by atoms with Crippen LogP contribution in [-0.2, 0) is 0 Å². The Labute approximate surface area is 100 Å². The molecule has 1 saturated carbocycles. The molecule has 5 heteroatoms. The maximum atomic E-state index is 11.6. The van der Waals surface area contributed by atoms with Gasteiger partial charge < -0.3 is 15.7 Å². The zero-order valence-corrected chi connectivity index (χ0v) is 9.60. The molecule has 1 aromatic rings. The quantitative estimate of drug-likeness (QED) is 0.727. The van der Waals surface area contributed by atoms with Gasteiger partial charge in [0.2, 0.25) is 0 Å². The van der Waals surface area contributed by atoms with Crippen LogP contribution in [0.15, 0.2) is 24.5 Å². The van der Waals surface area contributed by atoms with Crippen LogP contribution < -0.4 is 10.6 Å². The second-order valence-electron chi connectivity index (χ2n) is 4.35. The van der Waals surface area contributed by atoms with E-state index in [9.17, 15) is 9.90 Å². The number of pyridine rings is 1. The number of aliphatic hydroxyl groups is 1. The van der Waals surface area contributed by atoms with Crippen molar-refractivity contribution in [2.75, 3.05) is 5.32 Å². The summed E-state index contributed by atoms with van der Waals surface area (Å²) in [5, 5.41) is 15.0. The summed E-state index contributed by atoms with van der Waals surface area (Å²) in [5.74, 6) is 0. The first-order valence-corrected chi connectivity index (χ1v) is 5.89. The molecule has 1 fully saturated rings. The van der Waals surface area contributed by atoms with Gasteiger partial charge in [0.1, 0.15) is 0 Å². The van der Waals surface area contributed by atoms with E-state index < -0.39 is 0 Å². The zero-order chi connectivity index (χ0) is 12.1. The molecule has 0 bridgehead atoms. The molecule has 2 rings (SSSR count). The highest BCUT2D eigenvalue weighted by Crippen LogP contribution is 2.18. The van der Waals surface area contributed by atoms with E-state index in [-0.39, 0.29) is 18.2 Å². The first kappa shape index (κ1) is 11.9. The molecule has 2 amide bonds. The summed E-state index contributed by atoms with van der Waals surface area (Å²) in [6, 6.07) is 3.51. The van der Waals surface area contributed by atoms with Crippen molar-refractivity contribution in [2.45, 2.75) is 37.8 Å². The normalized spacial score (nSPS) is 24.1. The second-order valence-corrected chi connectivity index (χ2v) is 4.35. The molecule has 0 radical (unpaired) electrons. The van der Waals surface area contributed by atoms with Gasteiger partial charge in [0.25, 0.3) is 0 Å². The number of hydrogen-bond acceptors (Lipinski definition) is 3. The van der Waals surface area contributed by atoms with E-state index in [4.69, 9.17) is 0 Å². The lowest BCUT2D eigenvalue weighted by Crippen LogP contribution is -2.40. The van der Waals surface area contributed by atoms with Gasteiger partial charge in [-0.3, -0.25) is 4.98 Å². The van der Waals surface area contributed by atoms with Crippen LogP contribution in [0, 0.1) is 0 Å². The highest BCUT2D eigenvalue weighted by atomic mass is 16.3. The third-order valence-corrected chi connectivity index (χ3v) is 2.95. The fourth-order valence-corrected chi connectivity index (χ4v) is 2.01. The molecule has 0 aromatic carbocycles. The Morgan fingerprint density at radius 3 is 2.76 bits per heavy atom. The van der Waals surface area contributed by atoms with Crippen LogP contribution in [0.5, 0.6) is 0 Å². The molecule has 1 aromatic heterocycles. The number of aromatic nitrogens is 1. The average molecular weight is 235 g/mol. The highest BCUT2D eigenvalue weighted by molar-refractivity contribution is 5.89. The third kappa shape index (κ3) is 3.71. The van der Waals surface area contributed by atoms with Crippen molar-refractivity contribution in [1.29, 1.82) is 0 Å². The van der Waals surface area contributed by atoms with Crippen molar-refractivity contribution in [2.24, 2.45) is 0 Å². The van der Waals surface area contributed by atoms with Gasteiger partial charge in [-0.05, 0) is 37.8 Å². The van der Waals surface area contributed by atoms with Crippen molar-refractivity contribution in [3.8, 4) is 0 Å². The Morgan fingerprint density at radius 2 is 2.12 bits per heavy atom. The smallest absolute Gasteiger partial charge is 0.319 e. The minimum atomic E-state index is -0.209. The number of aliphatic hydroxyl groups excluding tert-OH is 1. The van der Waals surface area contributed by atoms with E-state index in [2.05, 4.69) is 15.6 Å². The minimum absolute atomic E-state index is 0.162. The molecular formula is C12H17N3O2. The molecule has 1 heterocycles. The van der Waals surface area contributed by atoms with Gasteiger partial charge in [-0.25, -0.2) is 4.79 Å². The maximum absolute atomic E-state index is 11.6. The topological polar surface area (TPSA) is 74.2 Å². The van der Waals surface area contributed by atoms with Crippen LogP contribution in [0.3, 0.4) is 0 Å². The van der Waals surface area contributed by atoms with Crippen molar-refractivity contribution in [3.05, 3.63) is 24.5 Å². The minimum Gasteiger partial charge on any atom is -0.393 e. The summed E-state index contributed by atoms with van der Waals surface area (Å²) in [5.41, 5.74) is 0.681. The molecule has 5 nitrogen and oxygen atoms in total. The molecule has 17 heavy (non-hydrogen) atoms. The monoisotopic (exact) mass is 235 g/mol.